The number of anilines is 2. The van der Waals surface area contributed by atoms with Gasteiger partial charge in [-0.05, 0) is 47.4 Å². The van der Waals surface area contributed by atoms with Crippen molar-refractivity contribution in [1.29, 1.82) is 0 Å². The minimum absolute atomic E-state index is 0.0126. The summed E-state index contributed by atoms with van der Waals surface area (Å²) in [6.07, 6.45) is 1.81. The molecule has 32 heavy (non-hydrogen) atoms. The van der Waals surface area contributed by atoms with Crippen molar-refractivity contribution in [2.75, 3.05) is 16.8 Å². The predicted octanol–water partition coefficient (Wildman–Crippen LogP) is 5.36. The Morgan fingerprint density at radius 3 is 2.75 bits per heavy atom. The molecular formula is C26H23BrN4O. The minimum atomic E-state index is -0.0715. The second-order valence-corrected chi connectivity index (χ2v) is 9.67. The summed E-state index contributed by atoms with van der Waals surface area (Å²) in [6.45, 7) is 3.84. The molecule has 2 aromatic carbocycles. The summed E-state index contributed by atoms with van der Waals surface area (Å²) in [5, 5.41) is 3.70. The fraction of sp³-hybridized carbons (Fsp3) is 0.231. The lowest BCUT2D eigenvalue weighted by molar-refractivity contribution is 0.353. The van der Waals surface area contributed by atoms with E-state index < -0.39 is 0 Å². The van der Waals surface area contributed by atoms with E-state index in [-0.39, 0.29) is 17.5 Å². The Hall–Kier alpha value is -3.12. The number of hydrogen-bond donors (Lipinski definition) is 1. The first kappa shape index (κ1) is 19.6. The summed E-state index contributed by atoms with van der Waals surface area (Å²) in [6, 6.07) is 22.4. The van der Waals surface area contributed by atoms with Gasteiger partial charge in [0.15, 0.2) is 0 Å². The van der Waals surface area contributed by atoms with Gasteiger partial charge in [-0.1, -0.05) is 59.3 Å². The third-order valence-electron chi connectivity index (χ3n) is 6.89. The molecular weight excluding hydrogens is 464 g/mol. The molecule has 2 aliphatic rings. The summed E-state index contributed by atoms with van der Waals surface area (Å²) in [5.41, 5.74) is 5.06. The van der Waals surface area contributed by atoms with Crippen molar-refractivity contribution >= 4 is 33.1 Å². The lowest BCUT2D eigenvalue weighted by atomic mass is 9.74. The zero-order valence-corrected chi connectivity index (χ0v) is 19.3. The van der Waals surface area contributed by atoms with Gasteiger partial charge in [0.25, 0.3) is 5.56 Å². The van der Waals surface area contributed by atoms with E-state index in [4.69, 9.17) is 4.98 Å². The Kier molecular flexibility index (Phi) is 4.57. The van der Waals surface area contributed by atoms with E-state index in [0.29, 0.717) is 11.6 Å². The van der Waals surface area contributed by atoms with E-state index in [0.717, 1.165) is 34.6 Å². The number of halogens is 1. The summed E-state index contributed by atoms with van der Waals surface area (Å²) >= 11 is 3.63. The van der Waals surface area contributed by atoms with Crippen LogP contribution in [0.3, 0.4) is 0 Å². The molecule has 6 heteroatoms. The zero-order chi connectivity index (χ0) is 21.8. The van der Waals surface area contributed by atoms with Gasteiger partial charge in [0, 0.05) is 35.4 Å². The monoisotopic (exact) mass is 486 g/mol. The van der Waals surface area contributed by atoms with Crippen molar-refractivity contribution in [3.63, 3.8) is 0 Å². The molecule has 3 atom stereocenters. The molecule has 6 rings (SSSR count). The average Bonchev–Trinajstić information content (AvgIpc) is 2.81. The zero-order valence-electron chi connectivity index (χ0n) is 17.7. The molecule has 0 unspecified atom stereocenters. The molecule has 0 bridgehead atoms. The van der Waals surface area contributed by atoms with Crippen LogP contribution in [0.2, 0.25) is 0 Å². The number of nitrogens with zero attached hydrogens (tertiary/aromatic N) is 3. The van der Waals surface area contributed by atoms with Gasteiger partial charge in [0.05, 0.1) is 11.6 Å². The Morgan fingerprint density at radius 1 is 1.09 bits per heavy atom. The number of aromatic nitrogens is 2. The molecule has 0 spiro atoms. The van der Waals surface area contributed by atoms with Gasteiger partial charge in [-0.15, -0.1) is 0 Å². The van der Waals surface area contributed by atoms with Gasteiger partial charge in [-0.25, -0.2) is 4.98 Å². The highest BCUT2D eigenvalue weighted by Crippen LogP contribution is 2.49. The minimum Gasteiger partial charge on any atom is -0.377 e. The summed E-state index contributed by atoms with van der Waals surface area (Å²) in [7, 11) is 0. The fourth-order valence-corrected chi connectivity index (χ4v) is 5.65. The number of hydrogen-bond acceptors (Lipinski definition) is 4. The topological polar surface area (TPSA) is 49.6 Å². The first-order chi connectivity index (χ1) is 15.6. The second kappa shape index (κ2) is 7.48. The molecule has 5 nitrogen and oxygen atoms in total. The van der Waals surface area contributed by atoms with Crippen LogP contribution >= 0.6 is 15.9 Å². The van der Waals surface area contributed by atoms with Crippen LogP contribution in [0, 0.1) is 5.92 Å². The summed E-state index contributed by atoms with van der Waals surface area (Å²) in [4.78, 5) is 21.0. The number of pyridine rings is 1. The number of fused-ring (bicyclic) bond motifs is 5. The Bertz CT molecular complexity index is 1380. The maximum Gasteiger partial charge on any atom is 0.265 e. The van der Waals surface area contributed by atoms with E-state index in [9.17, 15) is 4.79 Å². The molecule has 0 fully saturated rings. The Morgan fingerprint density at radius 2 is 1.91 bits per heavy atom. The van der Waals surface area contributed by atoms with Crippen LogP contribution in [0.1, 0.15) is 35.6 Å². The van der Waals surface area contributed by atoms with E-state index >= 15 is 0 Å². The van der Waals surface area contributed by atoms with Crippen LogP contribution in [-0.4, -0.2) is 15.9 Å². The van der Waals surface area contributed by atoms with Crippen LogP contribution in [0.15, 0.2) is 82.2 Å². The number of rotatable bonds is 2. The van der Waals surface area contributed by atoms with Gasteiger partial charge < -0.3 is 10.2 Å². The highest BCUT2D eigenvalue weighted by atomic mass is 79.9. The Balaban J connectivity index is 1.55. The summed E-state index contributed by atoms with van der Waals surface area (Å²) in [5.74, 6) is 1.35. The Labute approximate surface area is 194 Å². The molecule has 2 aromatic heterocycles. The predicted molar refractivity (Wildman–Crippen MR) is 131 cm³/mol. The van der Waals surface area contributed by atoms with Crippen molar-refractivity contribution in [3.05, 3.63) is 104 Å². The molecule has 0 amide bonds. The highest BCUT2D eigenvalue weighted by Gasteiger charge is 2.43. The van der Waals surface area contributed by atoms with E-state index in [1.54, 1.807) is 4.40 Å². The fourth-order valence-electron chi connectivity index (χ4n) is 5.27. The lowest BCUT2D eigenvalue weighted by Crippen LogP contribution is -2.47. The van der Waals surface area contributed by atoms with E-state index in [2.05, 4.69) is 75.5 Å². The van der Waals surface area contributed by atoms with E-state index in [1.807, 2.05) is 30.5 Å². The quantitative estimate of drug-likeness (QED) is 0.414. The van der Waals surface area contributed by atoms with Crippen LogP contribution in [0.5, 0.6) is 0 Å². The van der Waals surface area contributed by atoms with Crippen LogP contribution in [0.25, 0.3) is 5.65 Å². The standard InChI is InChI=1S/C26H23BrN4O/c1-16-19-13-18(27)10-11-21(19)28-24-20(16)15-30(14-17-7-3-2-4-8-17)25-23(24)26(32)31-12-6-5-9-22(31)29-25/h2-13,16,20,24,28H,14-15H2,1H3/t16-,20+,24-/m1/s1. The maximum atomic E-state index is 13.7. The first-order valence-corrected chi connectivity index (χ1v) is 11.8. The van der Waals surface area contributed by atoms with Gasteiger partial charge >= 0.3 is 0 Å². The van der Waals surface area contributed by atoms with Crippen molar-refractivity contribution in [1.82, 2.24) is 9.38 Å². The van der Waals surface area contributed by atoms with Crippen molar-refractivity contribution in [2.45, 2.75) is 25.4 Å². The van der Waals surface area contributed by atoms with Crippen molar-refractivity contribution in [2.24, 2.45) is 5.92 Å². The van der Waals surface area contributed by atoms with Crippen LogP contribution < -0.4 is 15.8 Å². The van der Waals surface area contributed by atoms with Gasteiger partial charge in [0.2, 0.25) is 0 Å². The van der Waals surface area contributed by atoms with Crippen molar-refractivity contribution < 1.29 is 0 Å². The summed E-state index contributed by atoms with van der Waals surface area (Å²) < 4.78 is 2.75. The SMILES string of the molecule is C[C@@H]1c2cc(Br)ccc2N[C@H]2c3c(nc4ccccn4c3=O)N(Cc3ccccc3)C[C@@H]12. The normalized spacial score (nSPS) is 21.4. The first-order valence-electron chi connectivity index (χ1n) is 11.0. The second-order valence-electron chi connectivity index (χ2n) is 8.76. The molecule has 1 N–H and O–H groups in total. The smallest absolute Gasteiger partial charge is 0.265 e. The third-order valence-corrected chi connectivity index (χ3v) is 7.39. The molecule has 4 aromatic rings. The molecule has 0 saturated heterocycles. The van der Waals surface area contributed by atoms with Gasteiger partial charge in [0.1, 0.15) is 11.5 Å². The highest BCUT2D eigenvalue weighted by molar-refractivity contribution is 9.10. The lowest BCUT2D eigenvalue weighted by Gasteiger charge is -2.46. The molecule has 2 aliphatic heterocycles. The number of nitrogens with one attached hydrogen (secondary N) is 1. The largest absolute Gasteiger partial charge is 0.377 e. The van der Waals surface area contributed by atoms with Crippen LogP contribution in [0.4, 0.5) is 11.5 Å². The van der Waals surface area contributed by atoms with Gasteiger partial charge in [-0.2, -0.15) is 0 Å². The average molecular weight is 487 g/mol. The van der Waals surface area contributed by atoms with E-state index in [1.165, 1.54) is 11.1 Å². The molecule has 0 saturated carbocycles. The maximum absolute atomic E-state index is 13.7. The van der Waals surface area contributed by atoms with Crippen LogP contribution in [-0.2, 0) is 6.54 Å². The molecule has 0 aliphatic carbocycles. The number of benzene rings is 2. The molecule has 160 valence electrons. The third kappa shape index (κ3) is 3.05. The van der Waals surface area contributed by atoms with Gasteiger partial charge in [-0.3, -0.25) is 9.20 Å². The molecule has 0 radical (unpaired) electrons. The molecule has 4 heterocycles. The van der Waals surface area contributed by atoms with Crippen molar-refractivity contribution in [3.8, 4) is 0 Å².